The van der Waals surface area contributed by atoms with E-state index in [1.165, 1.54) is 16.7 Å². The van der Waals surface area contributed by atoms with Gasteiger partial charge in [0.05, 0.1) is 31.6 Å². The maximum absolute atomic E-state index is 13.2. The van der Waals surface area contributed by atoms with Crippen LogP contribution in [0.1, 0.15) is 11.9 Å². The molecule has 146 valence electrons. The van der Waals surface area contributed by atoms with E-state index in [-0.39, 0.29) is 5.91 Å². The minimum Gasteiger partial charge on any atom is -0.337 e. The van der Waals surface area contributed by atoms with Gasteiger partial charge in [-0.25, -0.2) is 9.98 Å². The van der Waals surface area contributed by atoms with Gasteiger partial charge in [0, 0.05) is 18.5 Å². The summed E-state index contributed by atoms with van der Waals surface area (Å²) in [5.74, 6) is 0.0176. The van der Waals surface area contributed by atoms with E-state index in [4.69, 9.17) is 4.99 Å². The van der Waals surface area contributed by atoms with Gasteiger partial charge in [-0.3, -0.25) is 9.69 Å². The zero-order valence-corrected chi connectivity index (χ0v) is 18.6. The van der Waals surface area contributed by atoms with Gasteiger partial charge in [-0.15, -0.1) is 11.3 Å². The highest BCUT2D eigenvalue weighted by Crippen LogP contribution is 2.49. The molecule has 5 rings (SSSR count). The molecule has 3 aromatic rings. The number of hydrogen-bond donors (Lipinski definition) is 0. The van der Waals surface area contributed by atoms with Gasteiger partial charge in [0.15, 0.2) is 5.17 Å². The molecule has 0 bridgehead atoms. The van der Waals surface area contributed by atoms with Crippen LogP contribution in [0.3, 0.4) is 0 Å². The lowest BCUT2D eigenvalue weighted by Gasteiger charge is -2.15. The summed E-state index contributed by atoms with van der Waals surface area (Å²) in [5, 5.41) is 2.73. The average molecular weight is 439 g/mol. The number of likely N-dealkylation sites (N-methyl/N-ethyl adjacent to an activating group) is 1. The second-order valence-corrected chi connectivity index (χ2v) is 9.94. The number of thiazole rings is 1. The van der Waals surface area contributed by atoms with Crippen molar-refractivity contribution in [3.8, 4) is 0 Å². The fraction of sp³-hybridized carbons (Fsp3) is 0.190. The largest absolute Gasteiger partial charge is 0.337 e. The lowest BCUT2D eigenvalue weighted by molar-refractivity contribution is -0.122. The molecule has 3 heterocycles. The maximum atomic E-state index is 13.2. The third-order valence-electron chi connectivity index (χ3n) is 4.81. The smallest absolute Gasteiger partial charge is 0.269 e. The van der Waals surface area contributed by atoms with E-state index in [1.807, 2.05) is 51.2 Å². The van der Waals surface area contributed by atoms with Crippen molar-refractivity contribution >= 4 is 67.5 Å². The first-order chi connectivity index (χ1) is 14.0. The Morgan fingerprint density at radius 2 is 1.97 bits per heavy atom. The van der Waals surface area contributed by atoms with Crippen molar-refractivity contribution in [2.75, 3.05) is 18.5 Å². The van der Waals surface area contributed by atoms with Gasteiger partial charge >= 0.3 is 0 Å². The minimum absolute atomic E-state index is 0.0176. The summed E-state index contributed by atoms with van der Waals surface area (Å²) < 4.78 is 1.15. The molecule has 0 spiro atoms. The normalized spacial score (nSPS) is 20.4. The summed E-state index contributed by atoms with van der Waals surface area (Å²) in [5.41, 5.74) is 2.90. The van der Waals surface area contributed by atoms with Crippen molar-refractivity contribution in [2.45, 2.75) is 18.7 Å². The number of amides is 1. The van der Waals surface area contributed by atoms with Crippen LogP contribution in [0.2, 0.25) is 0 Å². The number of aliphatic imine (C=N–C) groups is 1. The standard InChI is InChI=1S/C21H18N4OS3/c1-4-25-19(26)18(20-24(3)15-7-5-6-8-17(15)28-20)29-21(25)23-13-9-10-16-14(11-13)22-12(2)27-16/h5-11H,4H2,1-3H3/b20-18-,23-21?. The molecular weight excluding hydrogens is 420 g/mol. The average Bonchev–Trinajstić information content (AvgIpc) is 3.34. The fourth-order valence-electron chi connectivity index (χ4n) is 3.41. The number of aromatic nitrogens is 1. The maximum Gasteiger partial charge on any atom is 0.269 e. The van der Waals surface area contributed by atoms with Crippen LogP contribution < -0.4 is 4.90 Å². The Bertz CT molecular complexity index is 1210. The molecule has 2 aromatic carbocycles. The third-order valence-corrected chi connectivity index (χ3v) is 8.20. The van der Waals surface area contributed by atoms with Gasteiger partial charge in [-0.05, 0) is 55.9 Å². The number of carbonyl (C=O) groups is 1. The van der Waals surface area contributed by atoms with Gasteiger partial charge < -0.3 is 4.90 Å². The molecule has 1 saturated heterocycles. The van der Waals surface area contributed by atoms with Gasteiger partial charge in [0.2, 0.25) is 0 Å². The molecule has 0 N–H and O–H groups in total. The number of para-hydroxylation sites is 1. The highest BCUT2D eigenvalue weighted by atomic mass is 32.2. The SMILES string of the molecule is CCN1C(=O)/C(=C2/Sc3ccccc3N2C)SC1=Nc1ccc2sc(C)nc2c1. The summed E-state index contributed by atoms with van der Waals surface area (Å²) in [6, 6.07) is 14.2. The molecule has 1 fully saturated rings. The Kier molecular flexibility index (Phi) is 4.64. The number of rotatable bonds is 2. The van der Waals surface area contributed by atoms with Crippen LogP contribution >= 0.6 is 34.9 Å². The number of nitrogens with zero attached hydrogens (tertiary/aromatic N) is 4. The number of benzene rings is 2. The monoisotopic (exact) mass is 438 g/mol. The first-order valence-electron chi connectivity index (χ1n) is 9.25. The number of carbonyl (C=O) groups excluding carboxylic acids is 1. The number of thioether (sulfide) groups is 2. The van der Waals surface area contributed by atoms with Crippen LogP contribution in [-0.4, -0.2) is 34.6 Å². The second kappa shape index (κ2) is 7.19. The summed E-state index contributed by atoms with van der Waals surface area (Å²) in [6.45, 7) is 4.57. The van der Waals surface area contributed by atoms with Crippen LogP contribution in [0.4, 0.5) is 11.4 Å². The minimum atomic E-state index is 0.0176. The number of hydrogen-bond acceptors (Lipinski definition) is 7. The molecule has 0 saturated carbocycles. The Balaban J connectivity index is 1.53. The molecule has 0 unspecified atom stereocenters. The zero-order valence-electron chi connectivity index (χ0n) is 16.2. The van der Waals surface area contributed by atoms with Gasteiger partial charge in [0.25, 0.3) is 5.91 Å². The van der Waals surface area contributed by atoms with Crippen molar-refractivity contribution in [2.24, 2.45) is 4.99 Å². The Morgan fingerprint density at radius 1 is 1.14 bits per heavy atom. The van der Waals surface area contributed by atoms with E-state index in [0.29, 0.717) is 6.54 Å². The molecule has 0 radical (unpaired) electrons. The van der Waals surface area contributed by atoms with Crippen LogP contribution in [0, 0.1) is 6.92 Å². The van der Waals surface area contributed by atoms with Gasteiger partial charge in [-0.2, -0.15) is 0 Å². The van der Waals surface area contributed by atoms with E-state index >= 15 is 0 Å². The van der Waals surface area contributed by atoms with Crippen molar-refractivity contribution < 1.29 is 4.79 Å². The van der Waals surface area contributed by atoms with Crippen LogP contribution in [-0.2, 0) is 4.79 Å². The lowest BCUT2D eigenvalue weighted by Crippen LogP contribution is -2.29. The van der Waals surface area contributed by atoms with Crippen molar-refractivity contribution in [1.82, 2.24) is 9.88 Å². The number of amidine groups is 1. The molecule has 8 heteroatoms. The zero-order chi connectivity index (χ0) is 20.1. The first-order valence-corrected chi connectivity index (χ1v) is 11.7. The topological polar surface area (TPSA) is 48.8 Å². The predicted octanol–water partition coefficient (Wildman–Crippen LogP) is 5.60. The summed E-state index contributed by atoms with van der Waals surface area (Å²) in [6.07, 6.45) is 0. The summed E-state index contributed by atoms with van der Waals surface area (Å²) >= 11 is 4.77. The second-order valence-electron chi connectivity index (χ2n) is 6.69. The van der Waals surface area contributed by atoms with E-state index < -0.39 is 0 Å². The first kappa shape index (κ1) is 18.7. The fourth-order valence-corrected chi connectivity index (χ4v) is 6.62. The van der Waals surface area contributed by atoms with Gasteiger partial charge in [0.1, 0.15) is 4.91 Å². The molecular formula is C21H18N4OS3. The van der Waals surface area contributed by atoms with E-state index in [0.717, 1.165) is 41.7 Å². The Hall–Kier alpha value is -2.29. The number of aryl methyl sites for hydroxylation is 1. The molecule has 0 atom stereocenters. The van der Waals surface area contributed by atoms with Crippen molar-refractivity contribution in [3.05, 3.63) is 57.4 Å². The lowest BCUT2D eigenvalue weighted by atomic mass is 10.3. The van der Waals surface area contributed by atoms with Gasteiger partial charge in [-0.1, -0.05) is 23.9 Å². The number of anilines is 1. The molecule has 1 aromatic heterocycles. The highest BCUT2D eigenvalue weighted by molar-refractivity contribution is 8.19. The van der Waals surface area contributed by atoms with E-state index in [1.54, 1.807) is 28.0 Å². The predicted molar refractivity (Wildman–Crippen MR) is 124 cm³/mol. The molecule has 1 amide bonds. The highest BCUT2D eigenvalue weighted by Gasteiger charge is 2.38. The third kappa shape index (κ3) is 3.15. The quantitative estimate of drug-likeness (QED) is 0.488. The van der Waals surface area contributed by atoms with E-state index in [2.05, 4.69) is 22.0 Å². The van der Waals surface area contributed by atoms with Crippen LogP contribution in [0.15, 0.2) is 62.3 Å². The van der Waals surface area contributed by atoms with Crippen molar-refractivity contribution in [3.63, 3.8) is 0 Å². The Morgan fingerprint density at radius 3 is 2.76 bits per heavy atom. The number of fused-ring (bicyclic) bond motifs is 2. The Labute approximate surface area is 181 Å². The van der Waals surface area contributed by atoms with Crippen LogP contribution in [0.5, 0.6) is 0 Å². The molecule has 2 aliphatic heterocycles. The molecule has 5 nitrogen and oxygen atoms in total. The van der Waals surface area contributed by atoms with E-state index in [9.17, 15) is 4.79 Å². The molecule has 0 aliphatic carbocycles. The summed E-state index contributed by atoms with van der Waals surface area (Å²) in [4.78, 5) is 28.3. The van der Waals surface area contributed by atoms with Crippen molar-refractivity contribution in [1.29, 1.82) is 0 Å². The van der Waals surface area contributed by atoms with Crippen LogP contribution in [0.25, 0.3) is 10.2 Å². The molecule has 2 aliphatic rings. The molecule has 29 heavy (non-hydrogen) atoms. The summed E-state index contributed by atoms with van der Waals surface area (Å²) in [7, 11) is 2.01.